The first-order chi connectivity index (χ1) is 6.06. The molecule has 0 spiro atoms. The van der Waals surface area contributed by atoms with Gasteiger partial charge in [-0.25, -0.2) is 11.0 Å². The molecule has 0 radical (unpaired) electrons. The Morgan fingerprint density at radius 3 is 2.15 bits per heavy atom. The Kier molecular flexibility index (Phi) is 7.57. The van der Waals surface area contributed by atoms with E-state index in [0.29, 0.717) is 6.61 Å². The van der Waals surface area contributed by atoms with E-state index in [1.54, 1.807) is 0 Å². The predicted molar refractivity (Wildman–Crippen MR) is 55.3 cm³/mol. The standard InChI is InChI=1S/C8H21N2O2P/c1-2-3-4-5-6-7-8-12-13(9,10)11/h2-8H2,1H3,(H4,9,10,11). The molecule has 0 aliphatic rings. The van der Waals surface area contributed by atoms with Gasteiger partial charge < -0.3 is 4.52 Å². The summed E-state index contributed by atoms with van der Waals surface area (Å²) in [5.74, 6) is 0. The van der Waals surface area contributed by atoms with E-state index in [1.807, 2.05) is 0 Å². The molecule has 13 heavy (non-hydrogen) atoms. The van der Waals surface area contributed by atoms with Crippen molar-refractivity contribution >= 4 is 7.67 Å². The molecule has 0 fully saturated rings. The van der Waals surface area contributed by atoms with Gasteiger partial charge in [-0.1, -0.05) is 39.0 Å². The second-order valence-electron chi connectivity index (χ2n) is 3.25. The molecule has 0 amide bonds. The zero-order valence-corrected chi connectivity index (χ0v) is 9.26. The average Bonchev–Trinajstić information content (AvgIpc) is 2.01. The van der Waals surface area contributed by atoms with Crippen LogP contribution in [-0.2, 0) is 9.09 Å². The summed E-state index contributed by atoms with van der Waals surface area (Å²) in [6.45, 7) is 2.60. The second kappa shape index (κ2) is 7.51. The maximum Gasteiger partial charge on any atom is 0.335 e. The fourth-order valence-electron chi connectivity index (χ4n) is 1.09. The molecule has 0 aromatic carbocycles. The van der Waals surface area contributed by atoms with Crippen LogP contribution in [0.3, 0.4) is 0 Å². The molecule has 4 N–H and O–H groups in total. The third kappa shape index (κ3) is 12.1. The van der Waals surface area contributed by atoms with Gasteiger partial charge in [0.2, 0.25) is 0 Å². The van der Waals surface area contributed by atoms with Crippen LogP contribution in [0.4, 0.5) is 0 Å². The Morgan fingerprint density at radius 1 is 1.08 bits per heavy atom. The second-order valence-corrected chi connectivity index (χ2v) is 4.79. The smallest absolute Gasteiger partial charge is 0.306 e. The van der Waals surface area contributed by atoms with Crippen LogP contribution < -0.4 is 11.0 Å². The van der Waals surface area contributed by atoms with E-state index in [9.17, 15) is 4.57 Å². The van der Waals surface area contributed by atoms with Crippen LogP contribution in [0.1, 0.15) is 45.4 Å². The van der Waals surface area contributed by atoms with Crippen LogP contribution in [0.15, 0.2) is 0 Å². The molecular formula is C8H21N2O2P. The van der Waals surface area contributed by atoms with Gasteiger partial charge in [-0.15, -0.1) is 0 Å². The Morgan fingerprint density at radius 2 is 1.62 bits per heavy atom. The quantitative estimate of drug-likeness (QED) is 0.474. The van der Waals surface area contributed by atoms with E-state index >= 15 is 0 Å². The summed E-state index contributed by atoms with van der Waals surface area (Å²) in [6.07, 6.45) is 6.99. The van der Waals surface area contributed by atoms with Gasteiger partial charge in [0.1, 0.15) is 0 Å². The van der Waals surface area contributed by atoms with Crippen LogP contribution in [0.25, 0.3) is 0 Å². The molecule has 0 aromatic rings. The molecule has 0 atom stereocenters. The van der Waals surface area contributed by atoms with Crippen molar-refractivity contribution in [2.45, 2.75) is 45.4 Å². The Bertz CT molecular complexity index is 158. The van der Waals surface area contributed by atoms with Gasteiger partial charge in [-0.2, -0.15) is 0 Å². The van der Waals surface area contributed by atoms with Crippen molar-refractivity contribution < 1.29 is 9.09 Å². The first-order valence-electron chi connectivity index (χ1n) is 4.88. The molecule has 5 heteroatoms. The normalized spacial score (nSPS) is 11.9. The number of hydrogen-bond donors (Lipinski definition) is 2. The van der Waals surface area contributed by atoms with E-state index in [-0.39, 0.29) is 0 Å². The zero-order valence-electron chi connectivity index (χ0n) is 8.37. The molecule has 4 nitrogen and oxygen atoms in total. The summed E-state index contributed by atoms with van der Waals surface area (Å²) < 4.78 is 15.4. The molecule has 0 bridgehead atoms. The molecule has 0 aliphatic heterocycles. The van der Waals surface area contributed by atoms with Crippen LogP contribution >= 0.6 is 7.67 Å². The van der Waals surface area contributed by atoms with Crippen molar-refractivity contribution in [3.05, 3.63) is 0 Å². The first-order valence-corrected chi connectivity index (χ1v) is 6.64. The van der Waals surface area contributed by atoms with Crippen molar-refractivity contribution in [2.24, 2.45) is 11.0 Å². The predicted octanol–water partition coefficient (Wildman–Crippen LogP) is 2.39. The lowest BCUT2D eigenvalue weighted by Crippen LogP contribution is -2.08. The number of hydrogen-bond acceptors (Lipinski definition) is 2. The van der Waals surface area contributed by atoms with E-state index < -0.39 is 7.67 Å². The lowest BCUT2D eigenvalue weighted by molar-refractivity contribution is 0.302. The lowest BCUT2D eigenvalue weighted by atomic mass is 10.1. The third-order valence-corrected chi connectivity index (χ3v) is 2.38. The Balaban J connectivity index is 3.04. The van der Waals surface area contributed by atoms with E-state index in [2.05, 4.69) is 6.92 Å². The fourth-order valence-corrected chi connectivity index (χ4v) is 1.50. The van der Waals surface area contributed by atoms with Crippen LogP contribution in [0.2, 0.25) is 0 Å². The molecule has 0 rings (SSSR count). The van der Waals surface area contributed by atoms with Crippen LogP contribution in [0.5, 0.6) is 0 Å². The number of rotatable bonds is 8. The summed E-state index contributed by atoms with van der Waals surface area (Å²) in [7, 11) is -3.23. The topological polar surface area (TPSA) is 78.3 Å². The first kappa shape index (κ1) is 13.1. The Hall–Kier alpha value is 0.110. The summed E-state index contributed by atoms with van der Waals surface area (Å²) >= 11 is 0. The molecule has 0 saturated carbocycles. The van der Waals surface area contributed by atoms with Gasteiger partial charge >= 0.3 is 7.67 Å². The largest absolute Gasteiger partial charge is 0.335 e. The van der Waals surface area contributed by atoms with Gasteiger partial charge in [0, 0.05) is 0 Å². The molecule has 0 aliphatic carbocycles. The summed E-state index contributed by atoms with van der Waals surface area (Å²) in [5.41, 5.74) is 10.0. The van der Waals surface area contributed by atoms with Gasteiger partial charge in [-0.3, -0.25) is 4.57 Å². The average molecular weight is 208 g/mol. The molecule has 0 aromatic heterocycles. The summed E-state index contributed by atoms with van der Waals surface area (Å²) in [6, 6.07) is 0. The zero-order chi connectivity index (χ0) is 10.2. The van der Waals surface area contributed by atoms with Crippen LogP contribution in [0, 0.1) is 0 Å². The third-order valence-electron chi connectivity index (χ3n) is 1.79. The van der Waals surface area contributed by atoms with Crippen molar-refractivity contribution in [2.75, 3.05) is 6.61 Å². The SMILES string of the molecule is CCCCCCCCOP(N)(N)=O. The van der Waals surface area contributed by atoms with Gasteiger partial charge in [0.15, 0.2) is 0 Å². The molecule has 0 unspecified atom stereocenters. The van der Waals surface area contributed by atoms with Crippen molar-refractivity contribution in [1.82, 2.24) is 0 Å². The van der Waals surface area contributed by atoms with Gasteiger partial charge in [0.05, 0.1) is 6.61 Å². The maximum absolute atomic E-state index is 10.7. The molecule has 0 saturated heterocycles. The molecule has 0 heterocycles. The monoisotopic (exact) mass is 208 g/mol. The van der Waals surface area contributed by atoms with E-state index in [4.69, 9.17) is 15.5 Å². The highest BCUT2D eigenvalue weighted by molar-refractivity contribution is 7.53. The summed E-state index contributed by atoms with van der Waals surface area (Å²) in [4.78, 5) is 0. The van der Waals surface area contributed by atoms with Crippen LogP contribution in [-0.4, -0.2) is 6.61 Å². The number of nitrogens with two attached hydrogens (primary N) is 2. The fraction of sp³-hybridized carbons (Fsp3) is 1.00. The molecular weight excluding hydrogens is 187 g/mol. The minimum atomic E-state index is -3.23. The summed E-state index contributed by atoms with van der Waals surface area (Å²) in [5, 5.41) is 0. The van der Waals surface area contributed by atoms with E-state index in [0.717, 1.165) is 12.8 Å². The van der Waals surface area contributed by atoms with Crippen molar-refractivity contribution in [3.8, 4) is 0 Å². The highest BCUT2D eigenvalue weighted by Crippen LogP contribution is 2.26. The van der Waals surface area contributed by atoms with Crippen molar-refractivity contribution in [3.63, 3.8) is 0 Å². The minimum absolute atomic E-state index is 0.413. The minimum Gasteiger partial charge on any atom is -0.306 e. The number of unbranched alkanes of at least 4 members (excludes halogenated alkanes) is 5. The lowest BCUT2D eigenvalue weighted by Gasteiger charge is -2.06. The van der Waals surface area contributed by atoms with Crippen molar-refractivity contribution in [1.29, 1.82) is 0 Å². The van der Waals surface area contributed by atoms with Gasteiger partial charge in [-0.05, 0) is 6.42 Å². The highest BCUT2D eigenvalue weighted by atomic mass is 31.2. The Labute approximate surface area is 80.6 Å². The maximum atomic E-state index is 10.7. The highest BCUT2D eigenvalue weighted by Gasteiger charge is 2.06. The molecule has 80 valence electrons. The van der Waals surface area contributed by atoms with E-state index in [1.165, 1.54) is 25.7 Å². The van der Waals surface area contributed by atoms with Gasteiger partial charge in [0.25, 0.3) is 0 Å².